The van der Waals surface area contributed by atoms with Gasteiger partial charge in [0.05, 0.1) is 0 Å². The molecule has 0 aliphatic rings. The summed E-state index contributed by atoms with van der Waals surface area (Å²) in [6, 6.07) is 0.244. The van der Waals surface area contributed by atoms with Crippen molar-refractivity contribution in [3.8, 4) is 0 Å². The number of rotatable bonds is 3. The predicted octanol–water partition coefficient (Wildman–Crippen LogP) is 1.19. The van der Waals surface area contributed by atoms with Crippen LogP contribution in [0.3, 0.4) is 0 Å². The summed E-state index contributed by atoms with van der Waals surface area (Å²) < 4.78 is 1.67. The third kappa shape index (κ3) is 3.17. The summed E-state index contributed by atoms with van der Waals surface area (Å²) in [5.41, 5.74) is 0.927. The highest BCUT2D eigenvalue weighted by molar-refractivity contribution is 5.00. The predicted molar refractivity (Wildman–Crippen MR) is 65.5 cm³/mol. The molecule has 1 aromatic rings. The quantitative estimate of drug-likeness (QED) is 0.837. The van der Waals surface area contributed by atoms with Crippen molar-refractivity contribution in [3.05, 3.63) is 28.4 Å². The van der Waals surface area contributed by atoms with Gasteiger partial charge in [-0.05, 0) is 24.9 Å². The Labute approximate surface area is 96.7 Å². The Bertz CT molecular complexity index is 403. The first-order valence-electron chi connectivity index (χ1n) is 5.55. The van der Waals surface area contributed by atoms with Gasteiger partial charge in [-0.3, -0.25) is 4.57 Å². The number of likely N-dealkylation sites (N-methyl/N-ethyl adjacent to an activating group) is 1. The molecule has 1 rings (SSSR count). The van der Waals surface area contributed by atoms with Crippen LogP contribution < -0.4 is 11.0 Å². The highest BCUT2D eigenvalue weighted by Gasteiger charge is 2.23. The molecule has 0 amide bonds. The van der Waals surface area contributed by atoms with E-state index in [2.05, 4.69) is 31.1 Å². The lowest BCUT2D eigenvalue weighted by atomic mass is 9.87. The fraction of sp³-hybridized carbons (Fsp3) is 0.667. The van der Waals surface area contributed by atoms with E-state index in [0.717, 1.165) is 5.56 Å². The first-order valence-corrected chi connectivity index (χ1v) is 5.55. The third-order valence-corrected chi connectivity index (χ3v) is 2.76. The number of nitrogens with zero attached hydrogens (tertiary/aromatic N) is 2. The van der Waals surface area contributed by atoms with E-state index in [1.54, 1.807) is 10.8 Å². The first kappa shape index (κ1) is 12.9. The molecule has 1 aromatic heterocycles. The van der Waals surface area contributed by atoms with E-state index < -0.39 is 0 Å². The lowest BCUT2D eigenvalue weighted by Crippen LogP contribution is -2.43. The first-order chi connectivity index (χ1) is 7.34. The summed E-state index contributed by atoms with van der Waals surface area (Å²) in [6.45, 7) is 9.05. The molecular weight excluding hydrogens is 202 g/mol. The van der Waals surface area contributed by atoms with E-state index in [1.165, 1.54) is 0 Å². The molecule has 4 nitrogen and oxygen atoms in total. The van der Waals surface area contributed by atoms with Gasteiger partial charge in [0.1, 0.15) is 0 Å². The van der Waals surface area contributed by atoms with Crippen molar-refractivity contribution >= 4 is 0 Å². The minimum atomic E-state index is -0.185. The molecule has 90 valence electrons. The van der Waals surface area contributed by atoms with Crippen LogP contribution in [0, 0.1) is 12.3 Å². The van der Waals surface area contributed by atoms with Crippen LogP contribution in [-0.4, -0.2) is 22.6 Å². The molecule has 0 radical (unpaired) electrons. The van der Waals surface area contributed by atoms with Crippen molar-refractivity contribution in [2.45, 2.75) is 40.3 Å². The summed E-state index contributed by atoms with van der Waals surface area (Å²) >= 11 is 0. The third-order valence-electron chi connectivity index (χ3n) is 2.76. The molecule has 0 saturated carbocycles. The number of aryl methyl sites for hydroxylation is 1. The van der Waals surface area contributed by atoms with Gasteiger partial charge >= 0.3 is 5.69 Å². The van der Waals surface area contributed by atoms with Gasteiger partial charge < -0.3 is 5.32 Å². The van der Waals surface area contributed by atoms with Gasteiger partial charge in [0.2, 0.25) is 0 Å². The number of aromatic nitrogens is 2. The number of nitrogens with one attached hydrogen (secondary N) is 1. The van der Waals surface area contributed by atoms with E-state index in [9.17, 15) is 4.79 Å². The minimum absolute atomic E-state index is 0.109. The Morgan fingerprint density at radius 2 is 2.12 bits per heavy atom. The van der Waals surface area contributed by atoms with Crippen molar-refractivity contribution in [2.75, 3.05) is 7.05 Å². The summed E-state index contributed by atoms with van der Waals surface area (Å²) in [5.74, 6) is 0. The standard InChI is InChI=1S/C12H21N3O/c1-9-6-14-11(16)15(7-9)8-10(13-5)12(2,3)4/h6-7,10,13H,8H2,1-5H3. The molecule has 0 aliphatic heterocycles. The zero-order chi connectivity index (χ0) is 12.3. The highest BCUT2D eigenvalue weighted by atomic mass is 16.1. The van der Waals surface area contributed by atoms with Gasteiger partial charge in [0, 0.05) is 25.0 Å². The Hall–Kier alpha value is -1.16. The Morgan fingerprint density at radius 3 is 2.62 bits per heavy atom. The molecule has 1 unspecified atom stereocenters. The fourth-order valence-electron chi connectivity index (χ4n) is 1.69. The molecule has 0 fully saturated rings. The molecule has 0 spiro atoms. The second kappa shape index (κ2) is 4.78. The average molecular weight is 223 g/mol. The lowest BCUT2D eigenvalue weighted by Gasteiger charge is -2.30. The Balaban J connectivity index is 2.95. The molecule has 0 aliphatic carbocycles. The monoisotopic (exact) mass is 223 g/mol. The van der Waals surface area contributed by atoms with E-state index in [4.69, 9.17) is 0 Å². The van der Waals surface area contributed by atoms with Crippen LogP contribution in [0.1, 0.15) is 26.3 Å². The van der Waals surface area contributed by atoms with Gasteiger partial charge in [-0.2, -0.15) is 0 Å². The molecule has 1 heterocycles. The van der Waals surface area contributed by atoms with E-state index in [-0.39, 0.29) is 17.1 Å². The van der Waals surface area contributed by atoms with Crippen molar-refractivity contribution in [1.29, 1.82) is 0 Å². The van der Waals surface area contributed by atoms with Crippen LogP contribution in [-0.2, 0) is 6.54 Å². The smallest absolute Gasteiger partial charge is 0.315 e. The van der Waals surface area contributed by atoms with Crippen molar-refractivity contribution in [2.24, 2.45) is 5.41 Å². The molecule has 0 bridgehead atoms. The molecular formula is C12H21N3O. The maximum absolute atomic E-state index is 11.6. The van der Waals surface area contributed by atoms with Crippen molar-refractivity contribution in [3.63, 3.8) is 0 Å². The SMILES string of the molecule is CNC(Cn1cc(C)cnc1=O)C(C)(C)C. The zero-order valence-electron chi connectivity index (χ0n) is 10.7. The summed E-state index contributed by atoms with van der Waals surface area (Å²) in [5, 5.41) is 3.25. The summed E-state index contributed by atoms with van der Waals surface area (Å²) in [7, 11) is 1.92. The van der Waals surface area contributed by atoms with Gasteiger partial charge in [-0.15, -0.1) is 0 Å². The van der Waals surface area contributed by atoms with Gasteiger partial charge in [-0.1, -0.05) is 20.8 Å². The lowest BCUT2D eigenvalue weighted by molar-refractivity contribution is 0.251. The second-order valence-electron chi connectivity index (χ2n) is 5.27. The fourth-order valence-corrected chi connectivity index (χ4v) is 1.69. The number of hydrogen-bond donors (Lipinski definition) is 1. The van der Waals surface area contributed by atoms with E-state index in [1.807, 2.05) is 20.2 Å². The largest absolute Gasteiger partial charge is 0.347 e. The Morgan fingerprint density at radius 1 is 1.50 bits per heavy atom. The number of hydrogen-bond acceptors (Lipinski definition) is 3. The Kier molecular flexibility index (Phi) is 3.86. The topological polar surface area (TPSA) is 46.9 Å². The van der Waals surface area contributed by atoms with Gasteiger partial charge in [0.15, 0.2) is 0 Å². The van der Waals surface area contributed by atoms with E-state index >= 15 is 0 Å². The van der Waals surface area contributed by atoms with Crippen LogP contribution >= 0.6 is 0 Å². The summed E-state index contributed by atoms with van der Waals surface area (Å²) in [4.78, 5) is 15.4. The molecule has 0 aromatic carbocycles. The maximum Gasteiger partial charge on any atom is 0.347 e. The van der Waals surface area contributed by atoms with Gasteiger partial charge in [-0.25, -0.2) is 9.78 Å². The highest BCUT2D eigenvalue weighted by Crippen LogP contribution is 2.19. The molecule has 1 N–H and O–H groups in total. The minimum Gasteiger partial charge on any atom is -0.315 e. The van der Waals surface area contributed by atoms with Crippen LogP contribution in [0.15, 0.2) is 17.2 Å². The van der Waals surface area contributed by atoms with Crippen LogP contribution in [0.5, 0.6) is 0 Å². The average Bonchev–Trinajstić information content (AvgIpc) is 2.17. The van der Waals surface area contributed by atoms with Crippen LogP contribution in [0.25, 0.3) is 0 Å². The van der Waals surface area contributed by atoms with Crippen molar-refractivity contribution < 1.29 is 0 Å². The maximum atomic E-state index is 11.6. The molecule has 4 heteroatoms. The second-order valence-corrected chi connectivity index (χ2v) is 5.27. The van der Waals surface area contributed by atoms with Crippen LogP contribution in [0.2, 0.25) is 0 Å². The molecule has 1 atom stereocenters. The van der Waals surface area contributed by atoms with E-state index in [0.29, 0.717) is 6.54 Å². The zero-order valence-corrected chi connectivity index (χ0v) is 10.7. The van der Waals surface area contributed by atoms with Crippen LogP contribution in [0.4, 0.5) is 0 Å². The molecule has 0 saturated heterocycles. The summed E-state index contributed by atoms with van der Waals surface area (Å²) in [6.07, 6.45) is 3.45. The van der Waals surface area contributed by atoms with Gasteiger partial charge in [0.25, 0.3) is 0 Å². The normalized spacial score (nSPS) is 13.8. The molecule has 16 heavy (non-hydrogen) atoms. The van der Waals surface area contributed by atoms with Crippen molar-refractivity contribution in [1.82, 2.24) is 14.9 Å².